The Morgan fingerprint density at radius 1 is 1.10 bits per heavy atom. The molecule has 0 bridgehead atoms. The lowest BCUT2D eigenvalue weighted by Gasteiger charge is -2.12. The third-order valence-electron chi connectivity index (χ3n) is 4.77. The van der Waals surface area contributed by atoms with Crippen LogP contribution >= 0.6 is 11.6 Å². The van der Waals surface area contributed by atoms with Crippen LogP contribution in [0.1, 0.15) is 18.2 Å². The lowest BCUT2D eigenvalue weighted by atomic mass is 10.0. The zero-order valence-electron chi connectivity index (χ0n) is 16.9. The van der Waals surface area contributed by atoms with Gasteiger partial charge in [0.25, 0.3) is 0 Å². The van der Waals surface area contributed by atoms with Gasteiger partial charge in [-0.3, -0.25) is 0 Å². The largest absolute Gasteiger partial charge is 0.478 e. The van der Waals surface area contributed by atoms with Crippen molar-refractivity contribution in [3.63, 3.8) is 0 Å². The van der Waals surface area contributed by atoms with Crippen molar-refractivity contribution in [1.29, 1.82) is 0 Å². The van der Waals surface area contributed by atoms with E-state index in [9.17, 15) is 0 Å². The van der Waals surface area contributed by atoms with Crippen LogP contribution < -0.4 is 10.5 Å². The van der Waals surface area contributed by atoms with Gasteiger partial charge in [-0.25, -0.2) is 15.0 Å². The molecule has 0 spiro atoms. The fourth-order valence-electron chi connectivity index (χ4n) is 3.21. The summed E-state index contributed by atoms with van der Waals surface area (Å²) in [4.78, 5) is 13.2. The van der Waals surface area contributed by atoms with E-state index in [4.69, 9.17) is 22.1 Å². The van der Waals surface area contributed by atoms with Crippen LogP contribution in [-0.2, 0) is 0 Å². The average molecular weight is 421 g/mol. The predicted octanol–water partition coefficient (Wildman–Crippen LogP) is 4.64. The Morgan fingerprint density at radius 3 is 2.70 bits per heavy atom. The molecule has 2 N–H and O–H groups in total. The SMILES string of the molecule is CCOc1c(C)c(C)nn1-c1cc(-c2nc(N)ncc2-c2cccc(Cl)c2)ccn1. The molecule has 4 aromatic rings. The summed E-state index contributed by atoms with van der Waals surface area (Å²) in [6, 6.07) is 11.3. The molecule has 0 amide bonds. The minimum atomic E-state index is 0.190. The van der Waals surface area contributed by atoms with Gasteiger partial charge in [-0.15, -0.1) is 0 Å². The molecule has 0 aliphatic rings. The van der Waals surface area contributed by atoms with Crippen molar-refractivity contribution in [2.24, 2.45) is 0 Å². The van der Waals surface area contributed by atoms with Crippen molar-refractivity contribution >= 4 is 17.5 Å². The number of nitrogens with zero attached hydrogens (tertiary/aromatic N) is 5. The highest BCUT2D eigenvalue weighted by Gasteiger charge is 2.17. The van der Waals surface area contributed by atoms with Crippen molar-refractivity contribution in [2.45, 2.75) is 20.8 Å². The minimum Gasteiger partial charge on any atom is -0.478 e. The maximum Gasteiger partial charge on any atom is 0.221 e. The maximum atomic E-state index is 6.19. The molecule has 1 aromatic carbocycles. The van der Waals surface area contributed by atoms with E-state index in [0.29, 0.717) is 29.0 Å². The van der Waals surface area contributed by atoms with Crippen molar-refractivity contribution < 1.29 is 4.74 Å². The van der Waals surface area contributed by atoms with E-state index in [0.717, 1.165) is 27.9 Å². The third-order valence-corrected chi connectivity index (χ3v) is 5.00. The minimum absolute atomic E-state index is 0.190. The summed E-state index contributed by atoms with van der Waals surface area (Å²) in [5.74, 6) is 1.49. The first-order valence-corrected chi connectivity index (χ1v) is 9.90. The molecule has 3 heterocycles. The number of hydrogen-bond acceptors (Lipinski definition) is 6. The first-order chi connectivity index (χ1) is 14.5. The average Bonchev–Trinajstić information content (AvgIpc) is 3.03. The number of ether oxygens (including phenoxy) is 1. The van der Waals surface area contributed by atoms with Crippen molar-refractivity contribution in [2.75, 3.05) is 12.3 Å². The van der Waals surface area contributed by atoms with Gasteiger partial charge in [-0.1, -0.05) is 23.7 Å². The molecular weight excluding hydrogens is 400 g/mol. The Kier molecular flexibility index (Phi) is 5.37. The molecule has 0 fully saturated rings. The summed E-state index contributed by atoms with van der Waals surface area (Å²) in [5, 5.41) is 5.23. The molecule has 0 saturated heterocycles. The smallest absolute Gasteiger partial charge is 0.221 e. The standard InChI is InChI=1S/C22H21ClN6O/c1-4-30-21-13(2)14(3)28-29(21)19-11-16(8-9-25-19)20-18(12-26-22(24)27-20)15-6-5-7-17(23)10-15/h5-12H,4H2,1-3H3,(H2,24,26,27). The van der Waals surface area contributed by atoms with E-state index < -0.39 is 0 Å². The number of benzene rings is 1. The lowest BCUT2D eigenvalue weighted by molar-refractivity contribution is 0.314. The van der Waals surface area contributed by atoms with E-state index in [2.05, 4.69) is 20.1 Å². The molecule has 0 atom stereocenters. The van der Waals surface area contributed by atoms with Crippen molar-refractivity contribution in [3.8, 4) is 34.1 Å². The Balaban J connectivity index is 1.87. The van der Waals surface area contributed by atoms with E-state index in [-0.39, 0.29) is 5.95 Å². The molecule has 0 unspecified atom stereocenters. The summed E-state index contributed by atoms with van der Waals surface area (Å²) in [5.41, 5.74) is 11.0. The van der Waals surface area contributed by atoms with Gasteiger partial charge in [0.1, 0.15) is 0 Å². The van der Waals surface area contributed by atoms with Crippen LogP contribution in [0.25, 0.3) is 28.2 Å². The van der Waals surface area contributed by atoms with E-state index in [1.165, 1.54) is 0 Å². The lowest BCUT2D eigenvalue weighted by Crippen LogP contribution is -2.05. The highest BCUT2D eigenvalue weighted by Crippen LogP contribution is 2.33. The van der Waals surface area contributed by atoms with Gasteiger partial charge in [-0.2, -0.15) is 9.78 Å². The van der Waals surface area contributed by atoms with Gasteiger partial charge < -0.3 is 10.5 Å². The quantitative estimate of drug-likeness (QED) is 0.505. The molecular formula is C22H21ClN6O. The highest BCUT2D eigenvalue weighted by atomic mass is 35.5. The maximum absolute atomic E-state index is 6.19. The van der Waals surface area contributed by atoms with Crippen LogP contribution in [0.5, 0.6) is 5.88 Å². The Hall–Kier alpha value is -3.45. The molecule has 0 saturated carbocycles. The monoisotopic (exact) mass is 420 g/mol. The van der Waals surface area contributed by atoms with Crippen molar-refractivity contribution in [1.82, 2.24) is 24.7 Å². The molecule has 0 aliphatic carbocycles. The molecule has 152 valence electrons. The number of halogens is 1. The molecule has 7 nitrogen and oxygen atoms in total. The zero-order chi connectivity index (χ0) is 21.3. The third kappa shape index (κ3) is 3.71. The normalized spacial score (nSPS) is 10.9. The molecule has 0 radical (unpaired) electrons. The summed E-state index contributed by atoms with van der Waals surface area (Å²) >= 11 is 6.19. The van der Waals surface area contributed by atoms with Gasteiger partial charge in [0.05, 0.1) is 18.0 Å². The number of aryl methyl sites for hydroxylation is 1. The number of anilines is 1. The first kappa shape index (κ1) is 19.8. The highest BCUT2D eigenvalue weighted by molar-refractivity contribution is 6.30. The van der Waals surface area contributed by atoms with E-state index in [1.807, 2.05) is 57.2 Å². The number of aromatic nitrogens is 5. The van der Waals surface area contributed by atoms with Crippen LogP contribution in [0.3, 0.4) is 0 Å². The number of nitrogen functional groups attached to an aromatic ring is 1. The van der Waals surface area contributed by atoms with Gasteiger partial charge in [0.15, 0.2) is 5.82 Å². The van der Waals surface area contributed by atoms with E-state index >= 15 is 0 Å². The van der Waals surface area contributed by atoms with Crippen LogP contribution in [-0.4, -0.2) is 31.3 Å². The fourth-order valence-corrected chi connectivity index (χ4v) is 3.40. The van der Waals surface area contributed by atoms with Gasteiger partial charge >= 0.3 is 0 Å². The molecule has 4 rings (SSSR count). The topological polar surface area (TPSA) is 91.7 Å². The second-order valence-corrected chi connectivity index (χ2v) is 7.20. The number of pyridine rings is 1. The van der Waals surface area contributed by atoms with E-state index in [1.54, 1.807) is 17.1 Å². The molecule has 30 heavy (non-hydrogen) atoms. The summed E-state index contributed by atoms with van der Waals surface area (Å²) in [6.45, 7) is 6.40. The number of hydrogen-bond donors (Lipinski definition) is 1. The summed E-state index contributed by atoms with van der Waals surface area (Å²) in [7, 11) is 0. The second-order valence-electron chi connectivity index (χ2n) is 6.76. The van der Waals surface area contributed by atoms with Gasteiger partial charge in [-0.05, 0) is 50.6 Å². The molecule has 8 heteroatoms. The number of rotatable bonds is 5. The predicted molar refractivity (Wildman–Crippen MR) is 118 cm³/mol. The van der Waals surface area contributed by atoms with Gasteiger partial charge in [0.2, 0.25) is 11.8 Å². The van der Waals surface area contributed by atoms with Crippen LogP contribution in [0.2, 0.25) is 5.02 Å². The second kappa shape index (κ2) is 8.12. The first-order valence-electron chi connectivity index (χ1n) is 9.52. The van der Waals surface area contributed by atoms with Crippen LogP contribution in [0.4, 0.5) is 5.95 Å². The Morgan fingerprint density at radius 2 is 1.93 bits per heavy atom. The van der Waals surface area contributed by atoms with Crippen molar-refractivity contribution in [3.05, 3.63) is 65.1 Å². The Labute approximate surface area is 179 Å². The van der Waals surface area contributed by atoms with Crippen LogP contribution in [0, 0.1) is 13.8 Å². The fraction of sp³-hybridized carbons (Fsp3) is 0.182. The summed E-state index contributed by atoms with van der Waals surface area (Å²) in [6.07, 6.45) is 3.42. The zero-order valence-corrected chi connectivity index (χ0v) is 17.7. The van der Waals surface area contributed by atoms with Gasteiger partial charge in [0, 0.05) is 34.1 Å². The summed E-state index contributed by atoms with van der Waals surface area (Å²) < 4.78 is 7.52. The Bertz CT molecular complexity index is 1220. The van der Waals surface area contributed by atoms with Crippen LogP contribution in [0.15, 0.2) is 48.8 Å². The molecule has 3 aromatic heterocycles. The number of nitrogens with two attached hydrogens (primary N) is 1. The molecule has 0 aliphatic heterocycles.